The maximum Gasteiger partial charge on any atom is 0.322 e. The Morgan fingerprint density at radius 3 is 0.966 bits per heavy atom. The van der Waals surface area contributed by atoms with Crippen LogP contribution in [-0.4, -0.2) is 35.6 Å². The molecule has 58 heavy (non-hydrogen) atoms. The summed E-state index contributed by atoms with van der Waals surface area (Å²) in [6.45, 7) is 0. The van der Waals surface area contributed by atoms with E-state index in [1.165, 1.54) is 0 Å². The van der Waals surface area contributed by atoms with Crippen molar-refractivity contribution in [1.29, 1.82) is 0 Å². The number of imide groups is 2. The van der Waals surface area contributed by atoms with Crippen molar-refractivity contribution in [3.63, 3.8) is 0 Å². The lowest BCUT2D eigenvalue weighted by Crippen LogP contribution is -2.40. The van der Waals surface area contributed by atoms with E-state index in [0.29, 0.717) is 44.4 Å². The molecule has 0 fully saturated rings. The second-order valence-electron chi connectivity index (χ2n) is 14.5. The number of carbonyl (C=O) groups is 6. The summed E-state index contributed by atoms with van der Waals surface area (Å²) in [7, 11) is 0. The third-order valence-corrected chi connectivity index (χ3v) is 11.3. The van der Waals surface area contributed by atoms with Gasteiger partial charge in [-0.25, -0.2) is 9.80 Å². The molecule has 0 saturated heterocycles. The quantitative estimate of drug-likeness (QED) is 0.0543. The van der Waals surface area contributed by atoms with E-state index in [1.54, 1.807) is 121 Å². The van der Waals surface area contributed by atoms with Gasteiger partial charge in [0, 0.05) is 33.0 Å². The van der Waals surface area contributed by atoms with Crippen LogP contribution in [-0.2, 0) is 9.59 Å². The minimum Gasteiger partial charge on any atom is -0.426 e. The lowest BCUT2D eigenvalue weighted by atomic mass is 9.82. The summed E-state index contributed by atoms with van der Waals surface area (Å²) in [6.07, 6.45) is 14.0. The van der Waals surface area contributed by atoms with Crippen LogP contribution in [0.2, 0.25) is 0 Å². The molecule has 7 aromatic carbocycles. The van der Waals surface area contributed by atoms with E-state index in [-0.39, 0.29) is 11.5 Å². The van der Waals surface area contributed by atoms with Crippen LogP contribution >= 0.6 is 0 Å². The number of allylic oxidation sites excluding steroid dienone is 4. The molecule has 4 aliphatic rings. The molecule has 0 spiro atoms. The SMILES string of the molecule is O=C(Oc1ccc(N2C(=O)c3ccc4c5ccc6c7c(ccc(c8ccc(c3c48)C2=O)c75)C(=O)N(c2ccc(OC(=O)C3C=CC=C3)cc2)C6=O)cc1)C1C=CC=C1. The van der Waals surface area contributed by atoms with Crippen LogP contribution in [0.15, 0.2) is 146 Å². The smallest absolute Gasteiger partial charge is 0.322 e. The highest BCUT2D eigenvalue weighted by Gasteiger charge is 2.38. The Morgan fingerprint density at radius 1 is 0.379 bits per heavy atom. The Balaban J connectivity index is 0.958. The molecule has 0 unspecified atom stereocenters. The van der Waals surface area contributed by atoms with Gasteiger partial charge in [-0.1, -0.05) is 72.9 Å². The van der Waals surface area contributed by atoms with Gasteiger partial charge in [-0.2, -0.15) is 0 Å². The Labute approximate surface area is 328 Å². The van der Waals surface area contributed by atoms with Crippen molar-refractivity contribution >= 4 is 90.0 Å². The first kappa shape index (κ1) is 33.4. The average Bonchev–Trinajstić information content (AvgIpc) is 3.99. The third-order valence-electron chi connectivity index (χ3n) is 11.3. The third kappa shape index (κ3) is 4.72. The van der Waals surface area contributed by atoms with Gasteiger partial charge >= 0.3 is 11.9 Å². The zero-order valence-corrected chi connectivity index (χ0v) is 30.2. The Morgan fingerprint density at radius 2 is 0.672 bits per heavy atom. The molecule has 0 N–H and O–H groups in total. The lowest BCUT2D eigenvalue weighted by molar-refractivity contribution is -0.136. The highest BCUT2D eigenvalue weighted by Crippen LogP contribution is 2.47. The number of hydrogen-bond acceptors (Lipinski definition) is 8. The molecule has 0 saturated carbocycles. The van der Waals surface area contributed by atoms with Crippen molar-refractivity contribution in [2.24, 2.45) is 11.8 Å². The van der Waals surface area contributed by atoms with Crippen molar-refractivity contribution in [3.05, 3.63) is 168 Å². The van der Waals surface area contributed by atoms with Gasteiger partial charge in [-0.3, -0.25) is 28.8 Å². The van der Waals surface area contributed by atoms with Crippen molar-refractivity contribution in [3.8, 4) is 11.5 Å². The first-order valence-corrected chi connectivity index (χ1v) is 18.6. The van der Waals surface area contributed by atoms with Crippen LogP contribution in [0.3, 0.4) is 0 Å². The Hall–Kier alpha value is -7.98. The number of amides is 4. The number of rotatable bonds is 6. The predicted octanol–water partition coefficient (Wildman–Crippen LogP) is 8.63. The number of fused-ring (bicyclic) bond motifs is 2. The molecule has 2 heterocycles. The minimum absolute atomic E-state index is 0.289. The van der Waals surface area contributed by atoms with Gasteiger partial charge < -0.3 is 9.47 Å². The molecular formula is C48H26N2O8. The summed E-state index contributed by atoms with van der Waals surface area (Å²) in [5, 5.41) is 5.63. The maximum atomic E-state index is 14.2. The molecule has 4 amide bonds. The predicted molar refractivity (Wildman–Crippen MR) is 218 cm³/mol. The van der Waals surface area contributed by atoms with E-state index in [2.05, 4.69) is 0 Å². The van der Waals surface area contributed by atoms with Crippen LogP contribution in [0.4, 0.5) is 11.4 Å². The molecule has 0 atom stereocenters. The second-order valence-corrected chi connectivity index (χ2v) is 14.5. The van der Waals surface area contributed by atoms with Gasteiger partial charge in [0.05, 0.1) is 23.2 Å². The summed E-state index contributed by atoms with van der Waals surface area (Å²) in [6, 6.07) is 26.8. The first-order chi connectivity index (χ1) is 28.3. The van der Waals surface area contributed by atoms with Crippen molar-refractivity contribution in [2.45, 2.75) is 0 Å². The van der Waals surface area contributed by atoms with Crippen molar-refractivity contribution in [2.75, 3.05) is 9.80 Å². The number of benzene rings is 7. The molecule has 276 valence electrons. The fraction of sp³-hybridized carbons (Fsp3) is 0.0417. The van der Waals surface area contributed by atoms with E-state index in [0.717, 1.165) is 42.1 Å². The van der Waals surface area contributed by atoms with E-state index in [4.69, 9.17) is 9.47 Å². The summed E-state index contributed by atoms with van der Waals surface area (Å²) < 4.78 is 11.0. The number of ether oxygens (including phenoxy) is 2. The standard InChI is InChI=1S/C48H26N2O8/c51-43-35-21-17-31-33-19-23-37-42-38(46(54)50(45(37)53)28-11-15-30(16-12-28)58-48(56)26-7-3-4-8-26)24-20-34(40(33)42)32-18-22-36(41(35)39(31)32)44(52)49(43)27-9-13-29(14-10-27)57-47(55)25-5-1-2-6-25/h1-26H. The van der Waals surface area contributed by atoms with Gasteiger partial charge in [0.2, 0.25) is 0 Å². The van der Waals surface area contributed by atoms with Gasteiger partial charge in [0.1, 0.15) is 11.5 Å². The fourth-order valence-corrected chi connectivity index (χ4v) is 8.61. The molecule has 0 bridgehead atoms. The maximum absolute atomic E-state index is 14.2. The molecular weight excluding hydrogens is 733 g/mol. The van der Waals surface area contributed by atoms with Gasteiger partial charge in [-0.05, 0) is 105 Å². The van der Waals surface area contributed by atoms with E-state index in [1.807, 2.05) is 24.3 Å². The van der Waals surface area contributed by atoms with Gasteiger partial charge in [-0.15, -0.1) is 0 Å². The number of carbonyl (C=O) groups excluding carboxylic acids is 6. The summed E-state index contributed by atoms with van der Waals surface area (Å²) in [4.78, 5) is 84.0. The van der Waals surface area contributed by atoms with E-state index >= 15 is 0 Å². The largest absolute Gasteiger partial charge is 0.426 e. The highest BCUT2D eigenvalue weighted by atomic mass is 16.5. The Kier molecular flexibility index (Phi) is 7.05. The molecule has 2 aliphatic carbocycles. The number of anilines is 2. The average molecular weight is 759 g/mol. The minimum atomic E-state index is -0.492. The van der Waals surface area contributed by atoms with Crippen LogP contribution in [0.25, 0.3) is 43.1 Å². The molecule has 0 aromatic heterocycles. The monoisotopic (exact) mass is 758 g/mol. The Bertz CT molecular complexity index is 2830. The van der Waals surface area contributed by atoms with Gasteiger partial charge in [0.25, 0.3) is 23.6 Å². The highest BCUT2D eigenvalue weighted by molar-refractivity contribution is 6.45. The van der Waals surface area contributed by atoms with Crippen LogP contribution in [0.5, 0.6) is 11.5 Å². The zero-order valence-electron chi connectivity index (χ0n) is 30.2. The van der Waals surface area contributed by atoms with Crippen molar-refractivity contribution in [1.82, 2.24) is 0 Å². The molecule has 7 aromatic rings. The van der Waals surface area contributed by atoms with Crippen LogP contribution in [0, 0.1) is 11.8 Å². The van der Waals surface area contributed by atoms with E-state index < -0.39 is 47.4 Å². The summed E-state index contributed by atoms with van der Waals surface area (Å²) in [5.74, 6) is -3.19. The fourth-order valence-electron chi connectivity index (χ4n) is 8.61. The topological polar surface area (TPSA) is 127 Å². The van der Waals surface area contributed by atoms with Gasteiger partial charge in [0.15, 0.2) is 0 Å². The number of esters is 2. The van der Waals surface area contributed by atoms with Crippen LogP contribution in [0.1, 0.15) is 41.4 Å². The molecule has 10 nitrogen and oxygen atoms in total. The molecule has 2 aliphatic heterocycles. The summed E-state index contributed by atoms with van der Waals surface area (Å²) in [5.41, 5.74) is 2.08. The summed E-state index contributed by atoms with van der Waals surface area (Å²) >= 11 is 0. The molecule has 0 radical (unpaired) electrons. The zero-order chi connectivity index (χ0) is 39.4. The van der Waals surface area contributed by atoms with Crippen molar-refractivity contribution < 1.29 is 38.2 Å². The number of hydrogen-bond donors (Lipinski definition) is 0. The normalized spacial score (nSPS) is 16.1. The lowest BCUT2D eigenvalue weighted by Gasteiger charge is -2.30. The molecule has 11 rings (SSSR count). The van der Waals surface area contributed by atoms with E-state index in [9.17, 15) is 28.8 Å². The number of nitrogens with zero attached hydrogens (tertiary/aromatic N) is 2. The first-order valence-electron chi connectivity index (χ1n) is 18.6. The second kappa shape index (κ2) is 12.3. The molecule has 10 heteroatoms. The van der Waals surface area contributed by atoms with Crippen LogP contribution < -0.4 is 19.3 Å².